The van der Waals surface area contributed by atoms with Gasteiger partial charge >= 0.3 is 0 Å². The first-order valence-corrected chi connectivity index (χ1v) is 7.82. The van der Waals surface area contributed by atoms with Gasteiger partial charge in [0.15, 0.2) is 5.08 Å². The van der Waals surface area contributed by atoms with Crippen LogP contribution in [0, 0.1) is 22.7 Å². The van der Waals surface area contributed by atoms with Crippen LogP contribution in [0.2, 0.25) is 0 Å². The molecule has 0 rings (SSSR count). The lowest BCUT2D eigenvalue weighted by atomic mass is 10.5. The van der Waals surface area contributed by atoms with Crippen LogP contribution in [-0.4, -0.2) is 35.0 Å². The molecule has 0 spiro atoms. The minimum atomic E-state index is -3.98. The Bertz CT molecular complexity index is 463. The minimum Gasteiger partial charge on any atom is -0.213 e. The van der Waals surface area contributed by atoms with Crippen molar-refractivity contribution in [2.45, 2.75) is 12.8 Å². The van der Waals surface area contributed by atoms with Gasteiger partial charge in [0.05, 0.1) is 12.1 Å². The van der Waals surface area contributed by atoms with E-state index in [2.05, 4.69) is 0 Å². The van der Waals surface area contributed by atoms with E-state index in [0.29, 0.717) is 0 Å². The summed E-state index contributed by atoms with van der Waals surface area (Å²) >= 11 is 0. The molecule has 10 heteroatoms. The molecule has 17 heavy (non-hydrogen) atoms. The highest BCUT2D eigenvalue weighted by atomic mass is 32.3. The first-order chi connectivity index (χ1) is 7.83. The highest BCUT2D eigenvalue weighted by Crippen LogP contribution is 1.93. The van der Waals surface area contributed by atoms with E-state index in [9.17, 15) is 16.8 Å². The first-order valence-electron chi connectivity index (χ1n) is 4.51. The number of sulfonamides is 2. The van der Waals surface area contributed by atoms with Gasteiger partial charge in [0, 0.05) is 25.9 Å². The van der Waals surface area contributed by atoms with Crippen molar-refractivity contribution in [3.8, 4) is 12.1 Å². The van der Waals surface area contributed by atoms with Crippen LogP contribution in [0.5, 0.6) is 0 Å². The maximum Gasteiger partial charge on any atom is 0.227 e. The van der Waals surface area contributed by atoms with E-state index in [1.54, 1.807) is 12.1 Å². The topological polar surface area (TPSA) is 140 Å². The molecule has 0 aliphatic rings. The highest BCUT2D eigenvalue weighted by Gasteiger charge is 2.20. The van der Waals surface area contributed by atoms with Crippen molar-refractivity contribution in [2.24, 2.45) is 0 Å². The van der Waals surface area contributed by atoms with E-state index >= 15 is 0 Å². The summed E-state index contributed by atoms with van der Waals surface area (Å²) in [6, 6.07) is 3.43. The number of hydrogen-bond acceptors (Lipinski definition) is 6. The summed E-state index contributed by atoms with van der Waals surface area (Å²) < 4.78 is 48.9. The van der Waals surface area contributed by atoms with E-state index in [4.69, 9.17) is 10.5 Å². The predicted octanol–water partition coefficient (Wildman–Crippen LogP) is -1.39. The van der Waals surface area contributed by atoms with Crippen LogP contribution in [0.3, 0.4) is 0 Å². The lowest BCUT2D eigenvalue weighted by Crippen LogP contribution is -2.36. The zero-order chi connectivity index (χ0) is 13.4. The Morgan fingerprint density at radius 2 is 1.18 bits per heavy atom. The van der Waals surface area contributed by atoms with Crippen molar-refractivity contribution in [3.05, 3.63) is 0 Å². The van der Waals surface area contributed by atoms with Crippen LogP contribution < -0.4 is 9.44 Å². The maximum atomic E-state index is 11.2. The summed E-state index contributed by atoms with van der Waals surface area (Å²) in [6.07, 6.45) is -0.0811. The van der Waals surface area contributed by atoms with E-state index < -0.39 is 25.1 Å². The normalized spacial score (nSPS) is 11.6. The van der Waals surface area contributed by atoms with Gasteiger partial charge in [0.25, 0.3) is 0 Å². The standard InChI is InChI=1S/C7H12N4O4S2/c8-3-1-5-10-16(12,13)7-17(14,15)11-6-2-4-9/h10-11H,1-2,5-7H2. The van der Waals surface area contributed by atoms with Crippen LogP contribution in [0.15, 0.2) is 0 Å². The van der Waals surface area contributed by atoms with E-state index in [1.165, 1.54) is 0 Å². The molecule has 8 nitrogen and oxygen atoms in total. The Kier molecular flexibility index (Phi) is 6.68. The molecule has 0 saturated carbocycles. The minimum absolute atomic E-state index is 0.0405. The smallest absolute Gasteiger partial charge is 0.213 e. The monoisotopic (exact) mass is 280 g/mol. The summed E-state index contributed by atoms with van der Waals surface area (Å²) in [5, 5.41) is 15.3. The third kappa shape index (κ3) is 8.59. The largest absolute Gasteiger partial charge is 0.227 e. The SMILES string of the molecule is N#CCCNS(=O)(=O)CS(=O)(=O)NCCC#N. The van der Waals surface area contributed by atoms with Crippen molar-refractivity contribution >= 4 is 20.0 Å². The second-order valence-electron chi connectivity index (χ2n) is 2.95. The average molecular weight is 280 g/mol. The molecule has 0 aromatic carbocycles. The molecular formula is C7H12N4O4S2. The lowest BCUT2D eigenvalue weighted by Gasteiger charge is -2.06. The van der Waals surface area contributed by atoms with E-state index in [0.717, 1.165) is 0 Å². The Balaban J connectivity index is 4.31. The van der Waals surface area contributed by atoms with Crippen molar-refractivity contribution in [1.29, 1.82) is 10.5 Å². The summed E-state index contributed by atoms with van der Waals surface area (Å²) in [7, 11) is -7.97. The van der Waals surface area contributed by atoms with Crippen molar-refractivity contribution in [3.63, 3.8) is 0 Å². The van der Waals surface area contributed by atoms with Crippen molar-refractivity contribution in [2.75, 3.05) is 18.2 Å². The van der Waals surface area contributed by atoms with Crippen LogP contribution >= 0.6 is 0 Å². The lowest BCUT2D eigenvalue weighted by molar-refractivity contribution is 0.574. The molecular weight excluding hydrogens is 268 g/mol. The van der Waals surface area contributed by atoms with Crippen LogP contribution in [-0.2, 0) is 20.0 Å². The van der Waals surface area contributed by atoms with Gasteiger partial charge in [-0.3, -0.25) is 0 Å². The van der Waals surface area contributed by atoms with E-state index in [1.807, 2.05) is 9.44 Å². The Hall–Kier alpha value is -1.20. The molecule has 96 valence electrons. The average Bonchev–Trinajstić information content (AvgIpc) is 2.16. The fourth-order valence-corrected chi connectivity index (χ4v) is 3.94. The second-order valence-corrected chi connectivity index (χ2v) is 6.93. The van der Waals surface area contributed by atoms with Crippen molar-refractivity contribution in [1.82, 2.24) is 9.44 Å². The van der Waals surface area contributed by atoms with Gasteiger partial charge in [0.2, 0.25) is 20.0 Å². The number of nitrogens with zero attached hydrogens (tertiary/aromatic N) is 2. The van der Waals surface area contributed by atoms with Gasteiger partial charge in [-0.05, 0) is 0 Å². The van der Waals surface area contributed by atoms with Gasteiger partial charge in [-0.1, -0.05) is 0 Å². The molecule has 0 unspecified atom stereocenters. The Labute approximate surface area is 100 Å². The molecule has 0 aromatic rings. The Morgan fingerprint density at radius 1 is 0.824 bits per heavy atom. The number of nitrogens with one attached hydrogen (secondary N) is 2. The highest BCUT2D eigenvalue weighted by molar-refractivity contribution is 8.06. The number of rotatable bonds is 8. The first kappa shape index (κ1) is 15.8. The molecule has 0 saturated heterocycles. The zero-order valence-corrected chi connectivity index (χ0v) is 10.5. The van der Waals surface area contributed by atoms with Crippen LogP contribution in [0.4, 0.5) is 0 Å². The van der Waals surface area contributed by atoms with Gasteiger partial charge < -0.3 is 0 Å². The van der Waals surface area contributed by atoms with Crippen molar-refractivity contribution < 1.29 is 16.8 Å². The summed E-state index contributed by atoms with van der Waals surface area (Å²) in [4.78, 5) is 0. The second kappa shape index (κ2) is 7.19. The Morgan fingerprint density at radius 3 is 1.47 bits per heavy atom. The molecule has 0 bridgehead atoms. The number of hydrogen-bond donors (Lipinski definition) is 2. The van der Waals surface area contributed by atoms with Gasteiger partial charge in [-0.25, -0.2) is 26.3 Å². The number of nitriles is 2. The third-order valence-electron chi connectivity index (χ3n) is 1.43. The fraction of sp³-hybridized carbons (Fsp3) is 0.714. The predicted molar refractivity (Wildman–Crippen MR) is 59.2 cm³/mol. The molecule has 0 heterocycles. The molecule has 0 amide bonds. The zero-order valence-electron chi connectivity index (χ0n) is 8.88. The maximum absolute atomic E-state index is 11.2. The van der Waals surface area contributed by atoms with Gasteiger partial charge in [-0.2, -0.15) is 10.5 Å². The summed E-state index contributed by atoms with van der Waals surface area (Å²) in [6.45, 7) is -0.265. The van der Waals surface area contributed by atoms with E-state index in [-0.39, 0.29) is 25.9 Å². The van der Waals surface area contributed by atoms with Crippen LogP contribution in [0.25, 0.3) is 0 Å². The molecule has 0 aromatic heterocycles. The van der Waals surface area contributed by atoms with Gasteiger partial charge in [0.1, 0.15) is 0 Å². The molecule has 0 radical (unpaired) electrons. The molecule has 0 atom stereocenters. The molecule has 0 fully saturated rings. The summed E-state index contributed by atoms with van der Waals surface area (Å²) in [5.41, 5.74) is 0. The van der Waals surface area contributed by atoms with Crippen LogP contribution in [0.1, 0.15) is 12.8 Å². The quantitative estimate of drug-likeness (QED) is 0.524. The van der Waals surface area contributed by atoms with Gasteiger partial charge in [-0.15, -0.1) is 0 Å². The molecule has 2 N–H and O–H groups in total. The molecule has 0 aliphatic heterocycles. The fourth-order valence-electron chi connectivity index (χ4n) is 0.812. The third-order valence-corrected chi connectivity index (χ3v) is 5.20. The summed E-state index contributed by atoms with van der Waals surface area (Å²) in [5.74, 6) is 0. The molecule has 0 aliphatic carbocycles.